The SMILES string of the molecule is Cc1cccc(N2C(=O)c3ccc(-c4ccc5c(c4)C(=O)N(C)C5=O)cc3C2=O)c1.Cc1cccc(N2C(=O)c3ccc(C(=O)c4ccc5c(c4)C(=O)N(C)C5=O)cc3C2=O)c1.O=C(c1ccc2c(c1)C(=O)OC2=O)c1ccc2c(c1)C(=O)OC2=O.O=C1OC(=O)c2cc(-c3ccc4c(c3)C(=O)OC4=O)ccc21. The summed E-state index contributed by atoms with van der Waals surface area (Å²) in [5.74, 6) is -10.0. The van der Waals surface area contributed by atoms with Crippen molar-refractivity contribution in [2.75, 3.05) is 23.9 Å². The summed E-state index contributed by atoms with van der Waals surface area (Å²) in [4.78, 5) is 222. The van der Waals surface area contributed by atoms with Crippen LogP contribution in [0.4, 0.5) is 11.4 Å². The number of hydrogen-bond acceptors (Lipinski definition) is 22. The average Bonchev–Trinajstić information content (AvgIpc) is 1.59. The second-order valence-corrected chi connectivity index (χ2v) is 25.4. The molecule has 18 rings (SSSR count). The van der Waals surface area contributed by atoms with Gasteiger partial charge in [0, 0.05) is 36.3 Å². The van der Waals surface area contributed by atoms with Crippen LogP contribution in [0.15, 0.2) is 194 Å². The summed E-state index contributed by atoms with van der Waals surface area (Å²) in [6.45, 7) is 3.77. The van der Waals surface area contributed by atoms with Crippen LogP contribution in [-0.4, -0.2) is 130 Å². The number of amides is 8. The van der Waals surface area contributed by atoms with Gasteiger partial charge in [0.05, 0.1) is 100 Å². The molecule has 0 aliphatic carbocycles. The van der Waals surface area contributed by atoms with Gasteiger partial charge in [-0.05, 0) is 169 Å². The van der Waals surface area contributed by atoms with Crippen LogP contribution < -0.4 is 9.80 Å². The van der Waals surface area contributed by atoms with Gasteiger partial charge in [-0.25, -0.2) is 48.2 Å². The Labute approximate surface area is 606 Å². The molecule has 8 amide bonds. The van der Waals surface area contributed by atoms with Gasteiger partial charge in [0.25, 0.3) is 47.3 Å². The summed E-state index contributed by atoms with van der Waals surface area (Å²) in [6, 6.07) is 50.3. The van der Waals surface area contributed by atoms with Crippen LogP contribution in [-0.2, 0) is 18.9 Å². The lowest BCUT2D eigenvalue weighted by Crippen LogP contribution is -2.29. The highest BCUT2D eigenvalue weighted by molar-refractivity contribution is 6.36. The van der Waals surface area contributed by atoms with Gasteiger partial charge in [0.1, 0.15) is 0 Å². The van der Waals surface area contributed by atoms with E-state index in [1.165, 1.54) is 116 Å². The Morgan fingerprint density at radius 2 is 0.454 bits per heavy atom. The number of carbonyl (C=O) groups is 18. The zero-order valence-electron chi connectivity index (χ0n) is 56.2. The molecule has 10 aromatic carbocycles. The highest BCUT2D eigenvalue weighted by Gasteiger charge is 2.42. The van der Waals surface area contributed by atoms with Gasteiger partial charge in [-0.15, -0.1) is 0 Å². The highest BCUT2D eigenvalue weighted by atomic mass is 16.6. The van der Waals surface area contributed by atoms with Gasteiger partial charge in [-0.1, -0.05) is 72.8 Å². The number of ketones is 2. The molecule has 10 aromatic rings. The molecule has 0 radical (unpaired) electrons. The van der Waals surface area contributed by atoms with E-state index in [1.54, 1.807) is 84.9 Å². The first kappa shape index (κ1) is 68.4. The molecule has 0 saturated heterocycles. The molecule has 26 nitrogen and oxygen atoms in total. The summed E-state index contributed by atoms with van der Waals surface area (Å²) in [5.41, 5.74) is 9.40. The number of hydrogen-bond donors (Lipinski definition) is 0. The standard InChI is InChI=1S/C25H16N2O5.C24H16N2O4.C17H6O7.C16H6O6/c1-13-4-3-5-16(10-13)27-24(31)18-9-7-15(12-20(18)25(27)32)21(28)14-6-8-17-19(11-14)23(30)26(2)22(17)29;1-13-4-3-5-16(10-13)26-23(29)18-9-7-15(12-20(18)24(26)30)14-6-8-17-19(11-14)22(28)25(2)21(17)27;18-13(7-1-3-9-11(5-7)16(21)23-14(9)19)8-2-4-10-12(6-8)17(22)24-15(10)20;17-13-9-3-1-7(5-11(9)15(19)21-13)8-2-4-10-12(6-8)16(20)22-14(10)18/h3-12H,1-2H3;3-12H,1-2H3;1-6H;1-6H. The van der Waals surface area contributed by atoms with E-state index in [9.17, 15) is 86.3 Å². The Morgan fingerprint density at radius 3 is 0.787 bits per heavy atom. The van der Waals surface area contributed by atoms with Crippen molar-refractivity contribution >= 4 is 118 Å². The number of ether oxygens (including phenoxy) is 4. The third kappa shape index (κ3) is 11.4. The normalized spacial score (nSPS) is 15.1. The van der Waals surface area contributed by atoms with E-state index in [-0.39, 0.29) is 113 Å². The van der Waals surface area contributed by atoms with E-state index < -0.39 is 82.9 Å². The lowest BCUT2D eigenvalue weighted by Gasteiger charge is -2.14. The number of fused-ring (bicyclic) bond motifs is 8. The van der Waals surface area contributed by atoms with Crippen molar-refractivity contribution in [2.45, 2.75) is 13.8 Å². The van der Waals surface area contributed by atoms with Crippen LogP contribution in [0.2, 0.25) is 0 Å². The lowest BCUT2D eigenvalue weighted by atomic mass is 9.96. The van der Waals surface area contributed by atoms with Crippen molar-refractivity contribution in [1.29, 1.82) is 0 Å². The van der Waals surface area contributed by atoms with E-state index in [0.29, 0.717) is 55.9 Å². The molecule has 0 aromatic heterocycles. The molecular formula is C82H44N4O22. The molecule has 8 aliphatic heterocycles. The number of carbonyl (C=O) groups excluding carboxylic acids is 18. The van der Waals surface area contributed by atoms with Crippen LogP contribution in [0.25, 0.3) is 22.3 Å². The predicted octanol–water partition coefficient (Wildman–Crippen LogP) is 10.5. The monoisotopic (exact) mass is 1440 g/mol. The first-order valence-corrected chi connectivity index (χ1v) is 32.5. The molecule has 524 valence electrons. The first-order valence-electron chi connectivity index (χ1n) is 32.5. The Balaban J connectivity index is 0.000000116. The summed E-state index contributed by atoms with van der Waals surface area (Å²) in [7, 11) is 2.83. The average molecular weight is 1440 g/mol. The van der Waals surface area contributed by atoms with E-state index in [0.717, 1.165) is 25.8 Å². The zero-order chi connectivity index (χ0) is 76.3. The molecule has 0 spiro atoms. The molecule has 0 saturated carbocycles. The summed E-state index contributed by atoms with van der Waals surface area (Å²) >= 11 is 0. The molecule has 0 N–H and O–H groups in total. The number of cyclic esters (lactones) is 8. The molecule has 0 bridgehead atoms. The number of nitrogens with zero attached hydrogens (tertiary/aromatic N) is 4. The minimum absolute atomic E-state index is 0.0154. The number of rotatable bonds is 8. The maximum Gasteiger partial charge on any atom is 0.346 e. The number of imide groups is 4. The van der Waals surface area contributed by atoms with Gasteiger partial charge >= 0.3 is 47.8 Å². The summed E-state index contributed by atoms with van der Waals surface area (Å²) in [6.07, 6.45) is 0. The van der Waals surface area contributed by atoms with Crippen LogP contribution >= 0.6 is 0 Å². The van der Waals surface area contributed by atoms with E-state index in [1.807, 2.05) is 26.0 Å². The predicted molar refractivity (Wildman–Crippen MR) is 373 cm³/mol. The topological polar surface area (TPSA) is 357 Å². The molecule has 26 heteroatoms. The summed E-state index contributed by atoms with van der Waals surface area (Å²) in [5, 5.41) is 0. The largest absolute Gasteiger partial charge is 0.386 e. The molecule has 108 heavy (non-hydrogen) atoms. The second-order valence-electron chi connectivity index (χ2n) is 25.4. The second kappa shape index (κ2) is 25.9. The molecular weight excluding hydrogens is 1390 g/mol. The van der Waals surface area contributed by atoms with Crippen LogP contribution in [0.5, 0.6) is 0 Å². The molecule has 0 unspecified atom stereocenters. The summed E-state index contributed by atoms with van der Waals surface area (Å²) < 4.78 is 18.0. The third-order valence-corrected chi connectivity index (χ3v) is 18.8. The third-order valence-electron chi connectivity index (χ3n) is 18.8. The lowest BCUT2D eigenvalue weighted by molar-refractivity contribution is 0.0425. The molecule has 0 atom stereocenters. The Morgan fingerprint density at radius 1 is 0.231 bits per heavy atom. The van der Waals surface area contributed by atoms with Crippen molar-refractivity contribution in [3.63, 3.8) is 0 Å². The Hall–Kier alpha value is -15.3. The van der Waals surface area contributed by atoms with Crippen LogP contribution in [0.3, 0.4) is 0 Å². The van der Waals surface area contributed by atoms with Gasteiger partial charge in [0.15, 0.2) is 11.6 Å². The fourth-order valence-electron chi connectivity index (χ4n) is 13.2. The molecule has 8 heterocycles. The zero-order valence-corrected chi connectivity index (χ0v) is 56.2. The number of benzene rings is 10. The number of esters is 8. The molecule has 0 fully saturated rings. The van der Waals surface area contributed by atoms with Gasteiger partial charge < -0.3 is 18.9 Å². The Bertz CT molecular complexity index is 5920. The fourth-order valence-corrected chi connectivity index (χ4v) is 13.2. The maximum atomic E-state index is 13.1. The number of aryl methyl sites for hydroxylation is 2. The Kier molecular flexibility index (Phi) is 16.4. The smallest absolute Gasteiger partial charge is 0.346 e. The minimum Gasteiger partial charge on any atom is -0.386 e. The van der Waals surface area contributed by atoms with Crippen molar-refractivity contribution in [2.24, 2.45) is 0 Å². The van der Waals surface area contributed by atoms with Crippen LogP contribution in [0.1, 0.15) is 209 Å². The van der Waals surface area contributed by atoms with Crippen LogP contribution in [0, 0.1) is 13.8 Å². The first-order chi connectivity index (χ1) is 51.6. The van der Waals surface area contributed by atoms with Crippen molar-refractivity contribution in [3.05, 3.63) is 317 Å². The quantitative estimate of drug-likeness (QED) is 0.0448. The number of anilines is 2. The van der Waals surface area contributed by atoms with Gasteiger partial charge in [0.2, 0.25) is 0 Å². The minimum atomic E-state index is -0.812. The van der Waals surface area contributed by atoms with Gasteiger partial charge in [-0.2, -0.15) is 0 Å². The van der Waals surface area contributed by atoms with E-state index in [4.69, 9.17) is 0 Å². The van der Waals surface area contributed by atoms with Crippen molar-refractivity contribution in [3.8, 4) is 22.3 Å². The fraction of sp³-hybridized carbons (Fsp3) is 0.0488. The maximum absolute atomic E-state index is 13.1. The molecule has 8 aliphatic rings. The van der Waals surface area contributed by atoms with Crippen molar-refractivity contribution in [1.82, 2.24) is 9.80 Å². The van der Waals surface area contributed by atoms with Crippen molar-refractivity contribution < 1.29 is 105 Å². The van der Waals surface area contributed by atoms with E-state index in [2.05, 4.69) is 18.9 Å². The highest BCUT2D eigenvalue weighted by Crippen LogP contribution is 2.37. The van der Waals surface area contributed by atoms with E-state index >= 15 is 0 Å². The van der Waals surface area contributed by atoms with Gasteiger partial charge in [-0.3, -0.25) is 57.7 Å².